The van der Waals surface area contributed by atoms with Gasteiger partial charge in [-0.1, -0.05) is 34.1 Å². The van der Waals surface area contributed by atoms with Crippen molar-refractivity contribution in [1.82, 2.24) is 0 Å². The van der Waals surface area contributed by atoms with Crippen LogP contribution in [0.4, 0.5) is 5.69 Å². The van der Waals surface area contributed by atoms with E-state index in [4.69, 9.17) is 9.47 Å². The number of thiophene rings is 1. The molecule has 5 rings (SSSR count). The zero-order chi connectivity index (χ0) is 21.5. The van der Waals surface area contributed by atoms with Crippen LogP contribution in [0.1, 0.15) is 40.7 Å². The number of ketones is 1. The predicted molar refractivity (Wildman–Crippen MR) is 127 cm³/mol. The molecule has 2 aliphatic rings. The van der Waals surface area contributed by atoms with Crippen molar-refractivity contribution >= 4 is 38.7 Å². The van der Waals surface area contributed by atoms with E-state index < -0.39 is 0 Å². The molecule has 4 nitrogen and oxygen atoms in total. The highest BCUT2D eigenvalue weighted by atomic mass is 79.9. The van der Waals surface area contributed by atoms with E-state index in [2.05, 4.69) is 50.9 Å². The van der Waals surface area contributed by atoms with E-state index >= 15 is 0 Å². The number of allylic oxidation sites excluding steroid dienone is 2. The van der Waals surface area contributed by atoms with Crippen LogP contribution in [0.5, 0.6) is 11.5 Å². The van der Waals surface area contributed by atoms with Gasteiger partial charge in [-0.25, -0.2) is 0 Å². The van der Waals surface area contributed by atoms with Crippen molar-refractivity contribution in [2.75, 3.05) is 19.5 Å². The molecular weight excluding hydrogens is 474 g/mol. The molecule has 1 aliphatic heterocycles. The van der Waals surface area contributed by atoms with Crippen LogP contribution in [0, 0.1) is 0 Å². The number of halogens is 1. The lowest BCUT2D eigenvalue weighted by Gasteiger charge is -2.36. The molecule has 1 aliphatic carbocycles. The number of hydrogen-bond donors (Lipinski definition) is 1. The summed E-state index contributed by atoms with van der Waals surface area (Å²) in [6.45, 7) is 0. The Morgan fingerprint density at radius 2 is 1.77 bits per heavy atom. The van der Waals surface area contributed by atoms with Gasteiger partial charge in [0.25, 0.3) is 0 Å². The highest BCUT2D eigenvalue weighted by molar-refractivity contribution is 9.10. The number of methoxy groups -OCH3 is 2. The van der Waals surface area contributed by atoms with E-state index in [-0.39, 0.29) is 17.6 Å². The van der Waals surface area contributed by atoms with E-state index in [1.165, 1.54) is 4.88 Å². The average molecular weight is 496 g/mol. The van der Waals surface area contributed by atoms with E-state index in [1.54, 1.807) is 25.6 Å². The van der Waals surface area contributed by atoms with Gasteiger partial charge in [-0.05, 0) is 47.2 Å². The third-order valence-electron chi connectivity index (χ3n) is 6.10. The molecule has 0 bridgehead atoms. The molecule has 158 valence electrons. The molecule has 0 spiro atoms. The van der Waals surface area contributed by atoms with E-state index in [9.17, 15) is 4.79 Å². The second-order valence-corrected chi connectivity index (χ2v) is 9.73. The molecule has 2 atom stereocenters. The number of nitrogens with one attached hydrogen (secondary N) is 1. The van der Waals surface area contributed by atoms with Gasteiger partial charge in [0.05, 0.1) is 14.2 Å². The molecule has 0 unspecified atom stereocenters. The second-order valence-electron chi connectivity index (χ2n) is 7.84. The number of fused-ring (bicyclic) bond motifs is 1. The first-order chi connectivity index (χ1) is 15.1. The van der Waals surface area contributed by atoms with Crippen LogP contribution in [0.2, 0.25) is 0 Å². The molecule has 3 aromatic rings. The first-order valence-electron chi connectivity index (χ1n) is 10.2. The first-order valence-corrected chi connectivity index (χ1v) is 11.8. The van der Waals surface area contributed by atoms with Crippen LogP contribution >= 0.6 is 27.3 Å². The Morgan fingerprint density at radius 3 is 2.45 bits per heavy atom. The molecule has 1 N–H and O–H groups in total. The Labute approximate surface area is 194 Å². The Kier molecular flexibility index (Phi) is 5.36. The van der Waals surface area contributed by atoms with Gasteiger partial charge in [-0.2, -0.15) is 0 Å². The highest BCUT2D eigenvalue weighted by Crippen LogP contribution is 2.50. The highest BCUT2D eigenvalue weighted by Gasteiger charge is 2.39. The van der Waals surface area contributed by atoms with E-state index in [1.807, 2.05) is 24.3 Å². The Bertz CT molecular complexity index is 1170. The summed E-state index contributed by atoms with van der Waals surface area (Å²) in [5.41, 5.74) is 4.97. The molecule has 0 radical (unpaired) electrons. The summed E-state index contributed by atoms with van der Waals surface area (Å²) in [6, 6.07) is 16.4. The fourth-order valence-electron chi connectivity index (χ4n) is 4.67. The molecule has 1 aromatic heterocycles. The van der Waals surface area contributed by atoms with Crippen LogP contribution in [-0.2, 0) is 4.79 Å². The number of anilines is 1. The third kappa shape index (κ3) is 3.58. The van der Waals surface area contributed by atoms with E-state index in [0.29, 0.717) is 17.9 Å². The Balaban J connectivity index is 1.67. The van der Waals surface area contributed by atoms with Gasteiger partial charge in [0.1, 0.15) is 0 Å². The van der Waals surface area contributed by atoms with Gasteiger partial charge in [-0.3, -0.25) is 4.79 Å². The lowest BCUT2D eigenvalue weighted by atomic mass is 9.73. The van der Waals surface area contributed by atoms with Gasteiger partial charge in [0.15, 0.2) is 17.3 Å². The topological polar surface area (TPSA) is 47.6 Å². The fourth-order valence-corrected chi connectivity index (χ4v) is 5.77. The molecular formula is C25H22BrNO3S. The zero-order valence-corrected chi connectivity index (χ0v) is 19.7. The first kappa shape index (κ1) is 20.3. The maximum absolute atomic E-state index is 13.5. The van der Waals surface area contributed by atoms with Gasteiger partial charge >= 0.3 is 0 Å². The van der Waals surface area contributed by atoms with Gasteiger partial charge < -0.3 is 14.8 Å². The summed E-state index contributed by atoms with van der Waals surface area (Å²) in [7, 11) is 3.28. The van der Waals surface area contributed by atoms with Crippen molar-refractivity contribution in [3.63, 3.8) is 0 Å². The summed E-state index contributed by atoms with van der Waals surface area (Å²) in [6.07, 6.45) is 1.36. The fraction of sp³-hybridized carbons (Fsp3) is 0.240. The number of hydrogen-bond acceptors (Lipinski definition) is 5. The summed E-state index contributed by atoms with van der Waals surface area (Å²) in [5.74, 6) is 1.61. The maximum atomic E-state index is 13.5. The quantitative estimate of drug-likeness (QED) is 0.449. The van der Waals surface area contributed by atoms with Crippen LogP contribution < -0.4 is 14.8 Å². The monoisotopic (exact) mass is 495 g/mol. The van der Waals surface area contributed by atoms with Gasteiger partial charge in [0.2, 0.25) is 0 Å². The molecule has 2 heterocycles. The van der Waals surface area contributed by atoms with Crippen LogP contribution in [0.25, 0.3) is 0 Å². The lowest BCUT2D eigenvalue weighted by Crippen LogP contribution is -2.29. The standard InChI is InChI=1S/C25H22BrNO3S/c1-29-21-12-17-18(13-22(21)30-2)27-19-10-15(23-4-3-9-31-23)11-20(28)25(19)24(17)14-5-7-16(26)8-6-14/h3-9,12-13,15,24,27H,10-11H2,1-2H3/t15-,24+/m1/s1. The molecule has 0 saturated carbocycles. The third-order valence-corrected chi connectivity index (χ3v) is 7.66. The minimum absolute atomic E-state index is 0.143. The van der Waals surface area contributed by atoms with Crippen LogP contribution in [-0.4, -0.2) is 20.0 Å². The molecule has 0 amide bonds. The smallest absolute Gasteiger partial charge is 0.162 e. The summed E-state index contributed by atoms with van der Waals surface area (Å²) in [4.78, 5) is 14.8. The molecule has 31 heavy (non-hydrogen) atoms. The molecule has 0 fully saturated rings. The Morgan fingerprint density at radius 1 is 1.03 bits per heavy atom. The number of carbonyl (C=O) groups is 1. The van der Waals surface area contributed by atoms with Crippen LogP contribution in [0.3, 0.4) is 0 Å². The number of ether oxygens (including phenoxy) is 2. The average Bonchev–Trinajstić information content (AvgIpc) is 3.32. The lowest BCUT2D eigenvalue weighted by molar-refractivity contribution is -0.116. The van der Waals surface area contributed by atoms with Gasteiger partial charge in [0, 0.05) is 50.6 Å². The second kappa shape index (κ2) is 8.17. The molecule has 2 aromatic carbocycles. The number of benzene rings is 2. The van der Waals surface area contributed by atoms with Crippen molar-refractivity contribution in [3.8, 4) is 11.5 Å². The minimum Gasteiger partial charge on any atom is -0.493 e. The zero-order valence-electron chi connectivity index (χ0n) is 17.3. The van der Waals surface area contributed by atoms with Gasteiger partial charge in [-0.15, -0.1) is 11.3 Å². The normalized spacial score (nSPS) is 20.0. The van der Waals surface area contributed by atoms with Crippen molar-refractivity contribution in [3.05, 3.63) is 85.7 Å². The van der Waals surface area contributed by atoms with Crippen molar-refractivity contribution in [2.24, 2.45) is 0 Å². The largest absolute Gasteiger partial charge is 0.493 e. The number of Topliss-reactive ketones (excluding diaryl/α,β-unsaturated/α-hetero) is 1. The summed E-state index contributed by atoms with van der Waals surface area (Å²) < 4.78 is 12.1. The van der Waals surface area contributed by atoms with Crippen molar-refractivity contribution in [2.45, 2.75) is 24.7 Å². The van der Waals surface area contributed by atoms with Crippen molar-refractivity contribution in [1.29, 1.82) is 0 Å². The van der Waals surface area contributed by atoms with Crippen molar-refractivity contribution < 1.29 is 14.3 Å². The maximum Gasteiger partial charge on any atom is 0.162 e. The predicted octanol–water partition coefficient (Wildman–Crippen LogP) is 6.49. The minimum atomic E-state index is -0.143. The summed E-state index contributed by atoms with van der Waals surface area (Å²) in [5, 5.41) is 5.66. The number of rotatable bonds is 4. The van der Waals surface area contributed by atoms with E-state index in [0.717, 1.165) is 39.0 Å². The summed E-state index contributed by atoms with van der Waals surface area (Å²) >= 11 is 5.25. The molecule has 6 heteroatoms. The number of carbonyl (C=O) groups excluding carboxylic acids is 1. The Hall–Kier alpha value is -2.57. The SMILES string of the molecule is COc1cc2c(cc1OC)[C@H](c1ccc(Br)cc1)C1=C(C[C@@H](c3cccs3)CC1=O)N2. The van der Waals surface area contributed by atoms with Crippen LogP contribution in [0.15, 0.2) is 69.7 Å². The molecule has 0 saturated heterocycles.